The smallest absolute Gasteiger partial charge is 0.142 e. The molecule has 1 fully saturated rings. The summed E-state index contributed by atoms with van der Waals surface area (Å²) >= 11 is 12.5. The molecule has 0 spiro atoms. The standard InChI is InChI=1S/C25H24Cl2F2N4O/c1-13-19(12-32-33(13)15-2-4-16(34)5-3-15)14-8-17-20(11-31-25(17)30-10-14)18(9-28)23-21(26)6-7-22(29)24(23)27/h6-8,10-12,15-16,18,34H,2-5,9H2,1H3,(H,30,31)/t15-,16-,18-/m0/s1. The number of aromatic nitrogens is 4. The Balaban J connectivity index is 1.55. The van der Waals surface area contributed by atoms with Gasteiger partial charge in [0.25, 0.3) is 0 Å². The maximum absolute atomic E-state index is 14.3. The molecule has 3 heterocycles. The number of aliphatic hydroxyl groups excluding tert-OH is 1. The van der Waals surface area contributed by atoms with E-state index in [1.54, 1.807) is 12.4 Å². The van der Waals surface area contributed by atoms with Gasteiger partial charge in [0.05, 0.1) is 23.4 Å². The van der Waals surface area contributed by atoms with Gasteiger partial charge in [-0.1, -0.05) is 23.2 Å². The van der Waals surface area contributed by atoms with Crippen LogP contribution < -0.4 is 0 Å². The van der Waals surface area contributed by atoms with Gasteiger partial charge < -0.3 is 10.1 Å². The molecule has 3 aromatic heterocycles. The van der Waals surface area contributed by atoms with Gasteiger partial charge in [-0.15, -0.1) is 0 Å². The van der Waals surface area contributed by atoms with Crippen molar-refractivity contribution in [2.75, 3.05) is 6.67 Å². The molecule has 4 aromatic rings. The lowest BCUT2D eigenvalue weighted by atomic mass is 9.91. The fourth-order valence-electron chi connectivity index (χ4n) is 5.01. The zero-order valence-electron chi connectivity index (χ0n) is 18.5. The van der Waals surface area contributed by atoms with E-state index in [1.807, 2.05) is 23.9 Å². The fraction of sp³-hybridized carbons (Fsp3) is 0.360. The number of aromatic amines is 1. The molecule has 0 unspecified atom stereocenters. The number of pyridine rings is 1. The third kappa shape index (κ3) is 4.00. The van der Waals surface area contributed by atoms with Crippen molar-refractivity contribution in [3.8, 4) is 11.1 Å². The van der Waals surface area contributed by atoms with E-state index in [0.717, 1.165) is 42.5 Å². The maximum Gasteiger partial charge on any atom is 0.142 e. The van der Waals surface area contributed by atoms with Crippen LogP contribution in [0.25, 0.3) is 22.2 Å². The fourth-order valence-corrected chi connectivity index (χ4v) is 5.65. The van der Waals surface area contributed by atoms with Crippen LogP contribution in [0.15, 0.2) is 36.8 Å². The summed E-state index contributed by atoms with van der Waals surface area (Å²) < 4.78 is 30.5. The molecule has 1 atom stereocenters. The number of rotatable bonds is 5. The van der Waals surface area contributed by atoms with Crippen LogP contribution in [0, 0.1) is 12.7 Å². The first-order valence-corrected chi connectivity index (χ1v) is 12.0. The summed E-state index contributed by atoms with van der Waals surface area (Å²) in [6.07, 6.45) is 8.34. The Morgan fingerprint density at radius 1 is 1.21 bits per heavy atom. The Kier molecular flexibility index (Phi) is 6.35. The number of alkyl halides is 1. The van der Waals surface area contributed by atoms with Crippen molar-refractivity contribution >= 4 is 34.2 Å². The van der Waals surface area contributed by atoms with Crippen LogP contribution in [0.3, 0.4) is 0 Å². The second-order valence-corrected chi connectivity index (χ2v) is 9.66. The summed E-state index contributed by atoms with van der Waals surface area (Å²) in [5, 5.41) is 15.2. The molecule has 1 aliphatic rings. The van der Waals surface area contributed by atoms with Crippen molar-refractivity contribution in [2.45, 2.75) is 50.7 Å². The highest BCUT2D eigenvalue weighted by molar-refractivity contribution is 6.36. The van der Waals surface area contributed by atoms with E-state index < -0.39 is 18.4 Å². The lowest BCUT2D eigenvalue weighted by Crippen LogP contribution is -2.22. The summed E-state index contributed by atoms with van der Waals surface area (Å²) in [5.74, 6) is -1.49. The molecule has 0 aliphatic heterocycles. The zero-order valence-corrected chi connectivity index (χ0v) is 20.0. The highest BCUT2D eigenvalue weighted by atomic mass is 35.5. The predicted molar refractivity (Wildman–Crippen MR) is 130 cm³/mol. The van der Waals surface area contributed by atoms with Gasteiger partial charge in [-0.05, 0) is 56.4 Å². The second kappa shape index (κ2) is 9.29. The molecule has 1 aromatic carbocycles. The van der Waals surface area contributed by atoms with Crippen molar-refractivity contribution < 1.29 is 13.9 Å². The Bertz CT molecular complexity index is 1340. The number of H-pyrrole nitrogens is 1. The molecular weight excluding hydrogens is 481 g/mol. The number of fused-ring (bicyclic) bond motifs is 1. The topological polar surface area (TPSA) is 66.7 Å². The summed E-state index contributed by atoms with van der Waals surface area (Å²) in [6.45, 7) is 1.22. The molecule has 2 N–H and O–H groups in total. The van der Waals surface area contributed by atoms with Crippen LogP contribution in [0.4, 0.5) is 8.78 Å². The van der Waals surface area contributed by atoms with Gasteiger partial charge in [-0.2, -0.15) is 5.10 Å². The molecule has 0 saturated heterocycles. The van der Waals surface area contributed by atoms with E-state index in [1.165, 1.54) is 12.1 Å². The third-order valence-corrected chi connectivity index (χ3v) is 7.60. The van der Waals surface area contributed by atoms with Gasteiger partial charge in [-0.25, -0.2) is 9.37 Å². The number of hydrogen-bond donors (Lipinski definition) is 2. The summed E-state index contributed by atoms with van der Waals surface area (Å²) in [5.41, 5.74) is 4.21. The Morgan fingerprint density at radius 2 is 1.97 bits per heavy atom. The highest BCUT2D eigenvalue weighted by Crippen LogP contribution is 2.40. The summed E-state index contributed by atoms with van der Waals surface area (Å²) in [7, 11) is 0. The van der Waals surface area contributed by atoms with Gasteiger partial charge in [-0.3, -0.25) is 9.07 Å². The van der Waals surface area contributed by atoms with Crippen molar-refractivity contribution in [2.24, 2.45) is 0 Å². The SMILES string of the molecule is Cc1c(-c2cnc3[nH]cc([C@H](CF)c4c(Cl)ccc(F)c4Cl)c3c2)cnn1[C@H]1CC[C@H](O)CC1. The van der Waals surface area contributed by atoms with E-state index in [9.17, 15) is 13.9 Å². The Morgan fingerprint density at radius 3 is 2.71 bits per heavy atom. The molecule has 0 amide bonds. The van der Waals surface area contributed by atoms with Gasteiger partial charge in [0.15, 0.2) is 0 Å². The highest BCUT2D eigenvalue weighted by Gasteiger charge is 2.26. The number of nitrogens with zero attached hydrogens (tertiary/aromatic N) is 3. The van der Waals surface area contributed by atoms with Crippen molar-refractivity contribution in [1.29, 1.82) is 0 Å². The molecule has 34 heavy (non-hydrogen) atoms. The van der Waals surface area contributed by atoms with E-state index in [-0.39, 0.29) is 27.8 Å². The number of aliphatic hydroxyl groups is 1. The largest absolute Gasteiger partial charge is 0.393 e. The average Bonchev–Trinajstić information content (AvgIpc) is 3.43. The molecule has 5 rings (SSSR count). The normalized spacial score (nSPS) is 19.6. The van der Waals surface area contributed by atoms with Crippen LogP contribution >= 0.6 is 23.2 Å². The van der Waals surface area contributed by atoms with Crippen LogP contribution in [0.5, 0.6) is 0 Å². The van der Waals surface area contributed by atoms with Crippen molar-refractivity contribution in [3.63, 3.8) is 0 Å². The van der Waals surface area contributed by atoms with E-state index in [0.29, 0.717) is 16.6 Å². The first kappa shape index (κ1) is 23.3. The number of nitrogens with one attached hydrogen (secondary N) is 1. The molecular formula is C25H24Cl2F2N4O. The van der Waals surface area contributed by atoms with Crippen LogP contribution in [-0.2, 0) is 0 Å². The molecule has 1 saturated carbocycles. The lowest BCUT2D eigenvalue weighted by Gasteiger charge is -2.26. The number of hydrogen-bond acceptors (Lipinski definition) is 3. The third-order valence-electron chi connectivity index (χ3n) is 6.89. The van der Waals surface area contributed by atoms with Crippen molar-refractivity contribution in [1.82, 2.24) is 19.7 Å². The van der Waals surface area contributed by atoms with E-state index in [4.69, 9.17) is 23.2 Å². The minimum Gasteiger partial charge on any atom is -0.393 e. The van der Waals surface area contributed by atoms with E-state index >= 15 is 0 Å². The van der Waals surface area contributed by atoms with Gasteiger partial charge >= 0.3 is 0 Å². The lowest BCUT2D eigenvalue weighted by molar-refractivity contribution is 0.107. The molecule has 0 bridgehead atoms. The molecule has 9 heteroatoms. The second-order valence-electron chi connectivity index (χ2n) is 8.88. The van der Waals surface area contributed by atoms with E-state index in [2.05, 4.69) is 15.1 Å². The predicted octanol–water partition coefficient (Wildman–Crippen LogP) is 6.76. The molecule has 5 nitrogen and oxygen atoms in total. The van der Waals surface area contributed by atoms with Crippen molar-refractivity contribution in [3.05, 3.63) is 69.5 Å². The Hall–Kier alpha value is -2.48. The van der Waals surface area contributed by atoms with Gasteiger partial charge in [0.1, 0.15) is 18.1 Å². The molecule has 0 radical (unpaired) electrons. The quantitative estimate of drug-likeness (QED) is 0.295. The van der Waals surface area contributed by atoms with Gasteiger partial charge in [0, 0.05) is 51.1 Å². The number of benzene rings is 1. The summed E-state index contributed by atoms with van der Waals surface area (Å²) in [6, 6.07) is 4.76. The molecule has 178 valence electrons. The van der Waals surface area contributed by atoms with Gasteiger partial charge in [0.2, 0.25) is 0 Å². The minimum absolute atomic E-state index is 0.177. The zero-order chi connectivity index (χ0) is 24.0. The van der Waals surface area contributed by atoms with Crippen LogP contribution in [-0.4, -0.2) is 37.6 Å². The number of halogens is 4. The first-order chi connectivity index (χ1) is 16.4. The van der Waals surface area contributed by atoms with Crippen LogP contribution in [0.2, 0.25) is 10.0 Å². The van der Waals surface area contributed by atoms with Crippen LogP contribution in [0.1, 0.15) is 54.5 Å². The average molecular weight is 505 g/mol. The monoisotopic (exact) mass is 504 g/mol. The molecule has 1 aliphatic carbocycles. The summed E-state index contributed by atoms with van der Waals surface area (Å²) in [4.78, 5) is 7.61. The Labute approximate surface area is 205 Å². The first-order valence-electron chi connectivity index (χ1n) is 11.3. The maximum atomic E-state index is 14.3. The minimum atomic E-state index is -0.848.